The molecule has 1 amide bonds. The van der Waals surface area contributed by atoms with Crippen molar-refractivity contribution in [3.8, 4) is 0 Å². The number of aryl methyl sites for hydroxylation is 1. The van der Waals surface area contributed by atoms with Crippen molar-refractivity contribution in [3.63, 3.8) is 0 Å². The van der Waals surface area contributed by atoms with E-state index in [2.05, 4.69) is 23.2 Å². The van der Waals surface area contributed by atoms with Crippen LogP contribution in [-0.2, 0) is 4.79 Å². The maximum atomic E-state index is 12.1. The van der Waals surface area contributed by atoms with Gasteiger partial charge in [0.1, 0.15) is 0 Å². The minimum absolute atomic E-state index is 0. The van der Waals surface area contributed by atoms with E-state index in [-0.39, 0.29) is 18.3 Å². The first-order valence-corrected chi connectivity index (χ1v) is 7.38. The summed E-state index contributed by atoms with van der Waals surface area (Å²) in [6.07, 6.45) is 2.21. The fourth-order valence-electron chi connectivity index (χ4n) is 2.66. The van der Waals surface area contributed by atoms with E-state index < -0.39 is 0 Å². The van der Waals surface area contributed by atoms with Crippen LogP contribution < -0.4 is 11.1 Å². The number of carbonyl (C=O) groups excluding carboxylic acids is 1. The number of likely N-dealkylation sites (tertiary alicyclic amines) is 1. The van der Waals surface area contributed by atoms with Gasteiger partial charge in [-0.15, -0.1) is 12.4 Å². The van der Waals surface area contributed by atoms with Crippen LogP contribution in [0.5, 0.6) is 0 Å². The van der Waals surface area contributed by atoms with E-state index in [9.17, 15) is 4.79 Å². The zero-order valence-electron chi connectivity index (χ0n) is 12.9. The Kier molecular flexibility index (Phi) is 7.15. The smallest absolute Gasteiger partial charge is 0.238 e. The summed E-state index contributed by atoms with van der Waals surface area (Å²) < 4.78 is 0. The summed E-state index contributed by atoms with van der Waals surface area (Å²) in [6, 6.07) is 5.99. The van der Waals surface area contributed by atoms with Crippen LogP contribution in [0.4, 0.5) is 5.69 Å². The molecule has 1 fully saturated rings. The number of nitrogens with one attached hydrogen (secondary N) is 1. The molecule has 1 aliphatic heterocycles. The van der Waals surface area contributed by atoms with Gasteiger partial charge in [-0.05, 0) is 69.4 Å². The topological polar surface area (TPSA) is 58.4 Å². The average Bonchev–Trinajstić information content (AvgIpc) is 2.45. The second-order valence-electron chi connectivity index (χ2n) is 5.75. The fourth-order valence-corrected chi connectivity index (χ4v) is 2.66. The molecule has 1 aromatic rings. The van der Waals surface area contributed by atoms with E-state index in [1.54, 1.807) is 0 Å². The average molecular weight is 312 g/mol. The molecule has 1 aliphatic rings. The normalized spacial score (nSPS) is 16.3. The summed E-state index contributed by atoms with van der Waals surface area (Å²) in [5.74, 6) is 0.707. The number of piperidine rings is 1. The molecule has 0 atom stereocenters. The molecule has 1 heterocycles. The van der Waals surface area contributed by atoms with E-state index in [1.807, 2.05) is 19.1 Å². The van der Waals surface area contributed by atoms with Gasteiger partial charge in [0, 0.05) is 5.69 Å². The van der Waals surface area contributed by atoms with Crippen molar-refractivity contribution in [1.29, 1.82) is 0 Å². The van der Waals surface area contributed by atoms with Crippen LogP contribution in [0, 0.1) is 19.8 Å². The zero-order chi connectivity index (χ0) is 14.5. The summed E-state index contributed by atoms with van der Waals surface area (Å²) in [7, 11) is 0. The van der Waals surface area contributed by atoms with Crippen molar-refractivity contribution in [2.45, 2.75) is 26.7 Å². The highest BCUT2D eigenvalue weighted by molar-refractivity contribution is 5.93. The minimum Gasteiger partial charge on any atom is -0.330 e. The molecule has 5 heteroatoms. The summed E-state index contributed by atoms with van der Waals surface area (Å²) in [6.45, 7) is 7.29. The van der Waals surface area contributed by atoms with Crippen molar-refractivity contribution in [2.75, 3.05) is 31.5 Å². The number of nitrogens with two attached hydrogens (primary N) is 1. The lowest BCUT2D eigenvalue weighted by molar-refractivity contribution is -0.117. The van der Waals surface area contributed by atoms with Gasteiger partial charge in [0.25, 0.3) is 0 Å². The molecule has 118 valence electrons. The van der Waals surface area contributed by atoms with Crippen molar-refractivity contribution >= 4 is 24.0 Å². The molecule has 0 bridgehead atoms. The summed E-state index contributed by atoms with van der Waals surface area (Å²) in [5, 5.41) is 3.02. The minimum atomic E-state index is 0. The largest absolute Gasteiger partial charge is 0.330 e. The van der Waals surface area contributed by atoms with Crippen LogP contribution in [0.2, 0.25) is 0 Å². The first-order chi connectivity index (χ1) is 9.60. The number of hydrogen-bond donors (Lipinski definition) is 2. The van der Waals surface area contributed by atoms with Gasteiger partial charge in [-0.3, -0.25) is 9.69 Å². The Labute approximate surface area is 133 Å². The lowest BCUT2D eigenvalue weighted by Crippen LogP contribution is -2.40. The number of amides is 1. The van der Waals surface area contributed by atoms with Crippen molar-refractivity contribution in [2.24, 2.45) is 11.7 Å². The summed E-state index contributed by atoms with van der Waals surface area (Å²) >= 11 is 0. The fraction of sp³-hybridized carbons (Fsp3) is 0.562. The molecule has 2 rings (SSSR count). The van der Waals surface area contributed by atoms with Crippen LogP contribution in [0.15, 0.2) is 18.2 Å². The highest BCUT2D eigenvalue weighted by Crippen LogP contribution is 2.19. The van der Waals surface area contributed by atoms with E-state index in [1.165, 1.54) is 5.56 Å². The van der Waals surface area contributed by atoms with Gasteiger partial charge in [-0.2, -0.15) is 0 Å². The number of hydrogen-bond acceptors (Lipinski definition) is 3. The van der Waals surface area contributed by atoms with Crippen molar-refractivity contribution in [3.05, 3.63) is 29.3 Å². The van der Waals surface area contributed by atoms with E-state index in [0.717, 1.165) is 43.7 Å². The Bertz CT molecular complexity index is 471. The van der Waals surface area contributed by atoms with Crippen LogP contribution >= 0.6 is 12.4 Å². The van der Waals surface area contributed by atoms with Crippen LogP contribution in [-0.4, -0.2) is 37.0 Å². The van der Waals surface area contributed by atoms with Gasteiger partial charge in [0.05, 0.1) is 6.54 Å². The molecule has 0 aromatic heterocycles. The molecular formula is C16H26ClN3O. The van der Waals surface area contributed by atoms with E-state index in [0.29, 0.717) is 12.5 Å². The molecule has 1 aromatic carbocycles. The number of nitrogens with zero attached hydrogens (tertiary/aromatic N) is 1. The SMILES string of the molecule is Cc1cccc(NC(=O)CN2CCC(CN)CC2)c1C.Cl. The molecule has 1 saturated heterocycles. The first-order valence-electron chi connectivity index (χ1n) is 7.38. The molecule has 4 nitrogen and oxygen atoms in total. The number of anilines is 1. The van der Waals surface area contributed by atoms with Crippen molar-refractivity contribution in [1.82, 2.24) is 4.90 Å². The van der Waals surface area contributed by atoms with Gasteiger partial charge >= 0.3 is 0 Å². The Hall–Kier alpha value is -1.10. The number of halogens is 1. The maximum absolute atomic E-state index is 12.1. The molecule has 3 N–H and O–H groups in total. The van der Waals surface area contributed by atoms with Crippen LogP contribution in [0.1, 0.15) is 24.0 Å². The summed E-state index contributed by atoms with van der Waals surface area (Å²) in [4.78, 5) is 14.3. The molecule has 0 unspecified atom stereocenters. The Balaban J connectivity index is 0.00000220. The third kappa shape index (κ3) is 4.99. The Morgan fingerprint density at radius 2 is 2.00 bits per heavy atom. The molecular weight excluding hydrogens is 286 g/mol. The van der Waals surface area contributed by atoms with Gasteiger partial charge < -0.3 is 11.1 Å². The summed E-state index contributed by atoms with van der Waals surface area (Å²) in [5.41, 5.74) is 8.95. The van der Waals surface area contributed by atoms with Gasteiger partial charge in [0.15, 0.2) is 0 Å². The van der Waals surface area contributed by atoms with Crippen LogP contribution in [0.3, 0.4) is 0 Å². The van der Waals surface area contributed by atoms with Gasteiger partial charge in [-0.25, -0.2) is 0 Å². The predicted octanol–water partition coefficient (Wildman–Crippen LogP) is 2.33. The van der Waals surface area contributed by atoms with Gasteiger partial charge in [0.2, 0.25) is 5.91 Å². The molecule has 21 heavy (non-hydrogen) atoms. The molecule has 0 radical (unpaired) electrons. The molecule has 0 aliphatic carbocycles. The quantitative estimate of drug-likeness (QED) is 0.897. The molecule has 0 spiro atoms. The highest BCUT2D eigenvalue weighted by atomic mass is 35.5. The Morgan fingerprint density at radius 1 is 1.33 bits per heavy atom. The lowest BCUT2D eigenvalue weighted by Gasteiger charge is -2.30. The van der Waals surface area contributed by atoms with E-state index >= 15 is 0 Å². The Morgan fingerprint density at radius 3 is 2.62 bits per heavy atom. The highest BCUT2D eigenvalue weighted by Gasteiger charge is 2.19. The van der Waals surface area contributed by atoms with Crippen molar-refractivity contribution < 1.29 is 4.79 Å². The number of rotatable bonds is 4. The van der Waals surface area contributed by atoms with Crippen LogP contribution in [0.25, 0.3) is 0 Å². The first kappa shape index (κ1) is 18.0. The number of carbonyl (C=O) groups is 1. The number of benzene rings is 1. The predicted molar refractivity (Wildman–Crippen MR) is 90.0 cm³/mol. The lowest BCUT2D eigenvalue weighted by atomic mass is 9.97. The zero-order valence-corrected chi connectivity index (χ0v) is 13.7. The standard InChI is InChI=1S/C16H25N3O.ClH/c1-12-4-3-5-15(13(12)2)18-16(20)11-19-8-6-14(10-17)7-9-19;/h3-5,14H,6-11,17H2,1-2H3,(H,18,20);1H. The third-order valence-electron chi connectivity index (χ3n) is 4.29. The second kappa shape index (κ2) is 8.37. The van der Waals surface area contributed by atoms with E-state index in [4.69, 9.17) is 5.73 Å². The maximum Gasteiger partial charge on any atom is 0.238 e. The third-order valence-corrected chi connectivity index (χ3v) is 4.29. The van der Waals surface area contributed by atoms with Gasteiger partial charge in [-0.1, -0.05) is 12.1 Å². The monoisotopic (exact) mass is 311 g/mol. The molecule has 0 saturated carbocycles. The second-order valence-corrected chi connectivity index (χ2v) is 5.75.